The molecule has 0 aliphatic carbocycles. The van der Waals surface area contributed by atoms with Gasteiger partial charge >= 0.3 is 0 Å². The predicted molar refractivity (Wildman–Crippen MR) is 109 cm³/mol. The Kier molecular flexibility index (Phi) is 6.30. The maximum absolute atomic E-state index is 12.5. The minimum Gasteiger partial charge on any atom is -0.377 e. The van der Waals surface area contributed by atoms with E-state index in [9.17, 15) is 18.0 Å². The number of benzene rings is 1. The lowest BCUT2D eigenvalue weighted by molar-refractivity contribution is -0.131. The third-order valence-electron chi connectivity index (χ3n) is 5.26. The van der Waals surface area contributed by atoms with Gasteiger partial charge in [-0.2, -0.15) is 0 Å². The van der Waals surface area contributed by atoms with Gasteiger partial charge < -0.3 is 15.0 Å². The largest absolute Gasteiger partial charge is 0.377 e. The van der Waals surface area contributed by atoms with E-state index in [1.165, 1.54) is 12.1 Å². The van der Waals surface area contributed by atoms with Crippen molar-refractivity contribution < 1.29 is 22.7 Å². The number of nitrogens with one attached hydrogen (secondary N) is 2. The maximum Gasteiger partial charge on any atom is 0.240 e. The summed E-state index contributed by atoms with van der Waals surface area (Å²) in [5.74, 6) is -0.688. The summed E-state index contributed by atoms with van der Waals surface area (Å²) in [4.78, 5) is 26.5. The van der Waals surface area contributed by atoms with Crippen LogP contribution in [0.4, 0.5) is 5.69 Å². The minimum atomic E-state index is -3.63. The minimum absolute atomic E-state index is 0.0311. The molecule has 3 rings (SSSR count). The Morgan fingerprint density at radius 2 is 1.93 bits per heavy atom. The van der Waals surface area contributed by atoms with Crippen LogP contribution in [0.5, 0.6) is 0 Å². The first-order valence-corrected chi connectivity index (χ1v) is 11.4. The summed E-state index contributed by atoms with van der Waals surface area (Å²) < 4.78 is 32.8. The number of ether oxygens (including phenoxy) is 1. The average molecular weight is 424 g/mol. The molecule has 160 valence electrons. The zero-order valence-corrected chi connectivity index (χ0v) is 17.9. The molecule has 1 aromatic carbocycles. The fraction of sp³-hybridized carbons (Fsp3) is 0.600. The molecule has 1 aromatic rings. The number of sulfonamides is 1. The van der Waals surface area contributed by atoms with Crippen molar-refractivity contribution in [1.29, 1.82) is 0 Å². The van der Waals surface area contributed by atoms with E-state index in [-0.39, 0.29) is 41.3 Å². The molecule has 0 unspecified atom stereocenters. The molecule has 2 aliphatic heterocycles. The second kappa shape index (κ2) is 8.41. The summed E-state index contributed by atoms with van der Waals surface area (Å²) in [6.07, 6.45) is 1.90. The summed E-state index contributed by atoms with van der Waals surface area (Å²) in [5, 5.41) is 2.78. The molecule has 29 heavy (non-hydrogen) atoms. The van der Waals surface area contributed by atoms with Crippen LogP contribution >= 0.6 is 0 Å². The molecule has 2 saturated heterocycles. The van der Waals surface area contributed by atoms with E-state index < -0.39 is 15.9 Å². The zero-order chi connectivity index (χ0) is 21.2. The number of likely N-dealkylation sites (tertiary alicyclic amines) is 1. The highest BCUT2D eigenvalue weighted by atomic mass is 32.2. The van der Waals surface area contributed by atoms with Gasteiger partial charge in [0.2, 0.25) is 21.8 Å². The van der Waals surface area contributed by atoms with E-state index in [1.54, 1.807) is 17.0 Å². The van der Waals surface area contributed by atoms with Crippen molar-refractivity contribution >= 4 is 27.5 Å². The molecule has 2 heterocycles. The van der Waals surface area contributed by atoms with Crippen molar-refractivity contribution in [1.82, 2.24) is 9.62 Å². The van der Waals surface area contributed by atoms with Crippen LogP contribution < -0.4 is 10.0 Å². The molecule has 2 N–H and O–H groups in total. The van der Waals surface area contributed by atoms with Gasteiger partial charge in [-0.15, -0.1) is 0 Å². The van der Waals surface area contributed by atoms with E-state index in [2.05, 4.69) is 10.0 Å². The third-order valence-corrected chi connectivity index (χ3v) is 6.70. The van der Waals surface area contributed by atoms with Gasteiger partial charge in [0, 0.05) is 37.3 Å². The molecule has 9 heteroatoms. The monoisotopic (exact) mass is 423 g/mol. The molecule has 2 fully saturated rings. The van der Waals surface area contributed by atoms with Gasteiger partial charge in [-0.05, 0) is 57.9 Å². The van der Waals surface area contributed by atoms with Gasteiger partial charge in [0.1, 0.15) is 0 Å². The molecule has 2 atom stereocenters. The van der Waals surface area contributed by atoms with Crippen LogP contribution in [0.2, 0.25) is 0 Å². The van der Waals surface area contributed by atoms with Crippen LogP contribution in [0.1, 0.15) is 40.0 Å². The molecule has 8 nitrogen and oxygen atoms in total. The Morgan fingerprint density at radius 1 is 1.24 bits per heavy atom. The van der Waals surface area contributed by atoms with Gasteiger partial charge in [-0.25, -0.2) is 13.1 Å². The third kappa shape index (κ3) is 5.34. The Balaban J connectivity index is 1.57. The van der Waals surface area contributed by atoms with Crippen molar-refractivity contribution in [2.24, 2.45) is 5.92 Å². The van der Waals surface area contributed by atoms with Crippen molar-refractivity contribution in [2.45, 2.75) is 56.6 Å². The summed E-state index contributed by atoms with van der Waals surface area (Å²) in [6.45, 7) is 7.13. The molecular formula is C20H29N3O5S. The topological polar surface area (TPSA) is 105 Å². The van der Waals surface area contributed by atoms with Crippen molar-refractivity contribution in [3.8, 4) is 0 Å². The molecular weight excluding hydrogens is 394 g/mol. The molecule has 0 aromatic heterocycles. The number of carbonyl (C=O) groups excluding carboxylic acids is 2. The Hall–Kier alpha value is -1.97. The molecule has 2 amide bonds. The lowest BCUT2D eigenvalue weighted by Gasteiger charge is -2.31. The molecule has 2 aliphatic rings. The van der Waals surface area contributed by atoms with Gasteiger partial charge in [0.15, 0.2) is 0 Å². The average Bonchev–Trinajstić information content (AvgIpc) is 3.29. The fourth-order valence-corrected chi connectivity index (χ4v) is 4.65. The number of nitrogens with zero attached hydrogens (tertiary/aromatic N) is 1. The van der Waals surface area contributed by atoms with Gasteiger partial charge in [0.25, 0.3) is 0 Å². The van der Waals surface area contributed by atoms with E-state index >= 15 is 0 Å². The van der Waals surface area contributed by atoms with Crippen molar-refractivity contribution in [2.75, 3.05) is 25.0 Å². The van der Waals surface area contributed by atoms with Crippen LogP contribution in [0.25, 0.3) is 0 Å². The van der Waals surface area contributed by atoms with Gasteiger partial charge in [-0.1, -0.05) is 0 Å². The number of anilines is 1. The van der Waals surface area contributed by atoms with Crippen molar-refractivity contribution in [3.05, 3.63) is 24.3 Å². The van der Waals surface area contributed by atoms with Gasteiger partial charge in [0.05, 0.1) is 16.9 Å². The van der Waals surface area contributed by atoms with E-state index in [4.69, 9.17) is 4.74 Å². The Labute approximate surface area is 172 Å². The Bertz CT molecular complexity index is 855. The van der Waals surface area contributed by atoms with Crippen LogP contribution in [-0.4, -0.2) is 56.5 Å². The van der Waals surface area contributed by atoms with Crippen LogP contribution in [-0.2, 0) is 24.3 Å². The fourth-order valence-electron chi connectivity index (χ4n) is 3.58. The quantitative estimate of drug-likeness (QED) is 0.725. The second-order valence-electron chi connectivity index (χ2n) is 8.58. The molecule has 0 saturated carbocycles. The first kappa shape index (κ1) is 21.7. The summed E-state index contributed by atoms with van der Waals surface area (Å²) in [5.41, 5.74) is 0.174. The predicted octanol–water partition coefficient (Wildman–Crippen LogP) is 1.73. The standard InChI is InChI=1S/C20H29N3O5S/c1-20(2,3)23-13-14(11-18(23)24)19(25)22-15-6-8-17(9-7-15)29(26,27)21-12-16-5-4-10-28-16/h6-9,14,16,21H,4-5,10-13H2,1-3H3,(H,22,25)/t14-,16-/m0/s1. The second-order valence-corrected chi connectivity index (χ2v) is 10.3. The SMILES string of the molecule is CC(C)(C)N1C[C@@H](C(=O)Nc2ccc(S(=O)(=O)NC[C@@H]3CCCO3)cc2)CC1=O. The van der Waals surface area contributed by atoms with E-state index in [1.807, 2.05) is 20.8 Å². The Morgan fingerprint density at radius 3 is 2.48 bits per heavy atom. The lowest BCUT2D eigenvalue weighted by atomic mass is 10.1. The van der Waals surface area contributed by atoms with Crippen molar-refractivity contribution in [3.63, 3.8) is 0 Å². The highest BCUT2D eigenvalue weighted by Gasteiger charge is 2.39. The highest BCUT2D eigenvalue weighted by molar-refractivity contribution is 7.89. The van der Waals surface area contributed by atoms with E-state index in [0.717, 1.165) is 12.8 Å². The number of carbonyl (C=O) groups is 2. The number of hydrogen-bond donors (Lipinski definition) is 2. The number of rotatable bonds is 6. The summed E-state index contributed by atoms with van der Waals surface area (Å²) >= 11 is 0. The molecule has 0 bridgehead atoms. The first-order chi connectivity index (χ1) is 13.6. The smallest absolute Gasteiger partial charge is 0.240 e. The van der Waals surface area contributed by atoms with Gasteiger partial charge in [-0.3, -0.25) is 9.59 Å². The maximum atomic E-state index is 12.5. The molecule has 0 spiro atoms. The van der Waals surface area contributed by atoms with Crippen LogP contribution in [0, 0.1) is 5.92 Å². The first-order valence-electron chi connectivity index (χ1n) is 9.89. The normalized spacial score (nSPS) is 22.9. The van der Waals surface area contributed by atoms with Crippen LogP contribution in [0.15, 0.2) is 29.2 Å². The number of amides is 2. The van der Waals surface area contributed by atoms with Crippen LogP contribution in [0.3, 0.4) is 0 Å². The molecule has 0 radical (unpaired) electrons. The lowest BCUT2D eigenvalue weighted by Crippen LogP contribution is -2.42. The zero-order valence-electron chi connectivity index (χ0n) is 17.1. The number of hydrogen-bond acceptors (Lipinski definition) is 5. The highest BCUT2D eigenvalue weighted by Crippen LogP contribution is 2.27. The summed E-state index contributed by atoms with van der Waals surface area (Å²) in [7, 11) is -3.63. The summed E-state index contributed by atoms with van der Waals surface area (Å²) in [6, 6.07) is 6.01. The van der Waals surface area contributed by atoms with E-state index in [0.29, 0.717) is 18.8 Å².